The highest BCUT2D eigenvalue weighted by Crippen LogP contribution is 2.31. The molecule has 1 amide bonds. The van der Waals surface area contributed by atoms with Crippen molar-refractivity contribution in [2.24, 2.45) is 0 Å². The summed E-state index contributed by atoms with van der Waals surface area (Å²) in [5, 5.41) is 3.91. The van der Waals surface area contributed by atoms with E-state index < -0.39 is 18.5 Å². The van der Waals surface area contributed by atoms with E-state index >= 15 is 0 Å². The van der Waals surface area contributed by atoms with Gasteiger partial charge in [0, 0.05) is 21.7 Å². The lowest BCUT2D eigenvalue weighted by molar-refractivity contribution is -0.119. The molecule has 0 unspecified atom stereocenters. The van der Waals surface area contributed by atoms with Gasteiger partial charge in [0.15, 0.2) is 6.61 Å². The zero-order valence-electron chi connectivity index (χ0n) is 21.2. The minimum absolute atomic E-state index is 0.374. The summed E-state index contributed by atoms with van der Waals surface area (Å²) in [6.45, 7) is 1.87. The lowest BCUT2D eigenvalue weighted by Gasteiger charge is -2.15. The van der Waals surface area contributed by atoms with E-state index in [1.807, 2.05) is 85.8 Å². The molecule has 0 radical (unpaired) electrons. The van der Waals surface area contributed by atoms with Gasteiger partial charge in [0.25, 0.3) is 5.91 Å². The van der Waals surface area contributed by atoms with Crippen molar-refractivity contribution in [3.63, 3.8) is 0 Å². The van der Waals surface area contributed by atoms with E-state index in [1.165, 1.54) is 0 Å². The van der Waals surface area contributed by atoms with Crippen LogP contribution in [0.3, 0.4) is 0 Å². The summed E-state index contributed by atoms with van der Waals surface area (Å²) in [5.41, 5.74) is 4.82. The molecule has 0 bridgehead atoms. The first-order valence-corrected chi connectivity index (χ1v) is 12.7. The van der Waals surface area contributed by atoms with Gasteiger partial charge >= 0.3 is 5.97 Å². The maximum atomic E-state index is 13.3. The van der Waals surface area contributed by atoms with Crippen molar-refractivity contribution in [1.29, 1.82) is 0 Å². The van der Waals surface area contributed by atoms with Gasteiger partial charge in [-0.15, -0.1) is 0 Å². The molecule has 0 spiro atoms. The van der Waals surface area contributed by atoms with Gasteiger partial charge in [0.05, 0.1) is 16.8 Å². The van der Waals surface area contributed by atoms with Gasteiger partial charge in [-0.3, -0.25) is 4.79 Å². The third kappa shape index (κ3) is 6.25. The molecule has 0 atom stereocenters. The highest BCUT2D eigenvalue weighted by atomic mass is 35.5. The number of nitrogens with zero attached hydrogens (tertiary/aromatic N) is 1. The number of nitrogens with one attached hydrogen (secondary N) is 1. The normalized spacial score (nSPS) is 10.7. The van der Waals surface area contributed by atoms with Gasteiger partial charge in [-0.2, -0.15) is 0 Å². The second-order valence-electron chi connectivity index (χ2n) is 8.91. The smallest absolute Gasteiger partial charge is 0.339 e. The number of halogens is 1. The van der Waals surface area contributed by atoms with Crippen LogP contribution in [0.5, 0.6) is 5.75 Å². The quantitative estimate of drug-likeness (QED) is 0.211. The Bertz CT molecular complexity index is 1620. The van der Waals surface area contributed by atoms with E-state index in [1.54, 1.807) is 24.3 Å². The van der Waals surface area contributed by atoms with E-state index in [0.717, 1.165) is 16.9 Å². The van der Waals surface area contributed by atoms with Crippen molar-refractivity contribution in [3.8, 4) is 17.0 Å². The average Bonchev–Trinajstić information content (AvgIpc) is 2.96. The Balaban J connectivity index is 1.35. The Morgan fingerprint density at radius 3 is 2.28 bits per heavy atom. The zero-order chi connectivity index (χ0) is 27.2. The van der Waals surface area contributed by atoms with Gasteiger partial charge in [0.2, 0.25) is 0 Å². The first kappa shape index (κ1) is 25.9. The van der Waals surface area contributed by atoms with Crippen molar-refractivity contribution in [2.75, 3.05) is 11.9 Å². The van der Waals surface area contributed by atoms with Crippen LogP contribution in [0, 0.1) is 6.92 Å². The van der Waals surface area contributed by atoms with E-state index in [2.05, 4.69) is 5.32 Å². The van der Waals surface area contributed by atoms with Crippen molar-refractivity contribution in [1.82, 2.24) is 4.98 Å². The van der Waals surface area contributed by atoms with E-state index in [4.69, 9.17) is 26.1 Å². The van der Waals surface area contributed by atoms with Crippen molar-refractivity contribution in [2.45, 2.75) is 13.5 Å². The van der Waals surface area contributed by atoms with Crippen LogP contribution in [0.1, 0.15) is 21.5 Å². The van der Waals surface area contributed by atoms with E-state index in [9.17, 15) is 9.59 Å². The summed E-state index contributed by atoms with van der Waals surface area (Å²) in [4.78, 5) is 30.5. The number of carbonyl (C=O) groups is 2. The van der Waals surface area contributed by atoms with Crippen LogP contribution in [-0.4, -0.2) is 23.5 Å². The predicted octanol–water partition coefficient (Wildman–Crippen LogP) is 7.24. The van der Waals surface area contributed by atoms with Crippen LogP contribution in [0.4, 0.5) is 5.69 Å². The van der Waals surface area contributed by atoms with Gasteiger partial charge < -0.3 is 14.8 Å². The number of esters is 1. The SMILES string of the molecule is Cc1c(-c2ccc(OCc3ccccc3)cc2)nc2ccccc2c1C(=O)OCC(=O)Nc1ccc(Cl)cc1. The van der Waals surface area contributed by atoms with Gasteiger partial charge in [-0.1, -0.05) is 60.1 Å². The second kappa shape index (κ2) is 11.8. The molecule has 0 fully saturated rings. The number of fused-ring (bicyclic) bond motifs is 1. The van der Waals surface area contributed by atoms with Crippen molar-refractivity contribution < 1.29 is 19.1 Å². The summed E-state index contributed by atoms with van der Waals surface area (Å²) in [6.07, 6.45) is 0. The molecule has 0 aliphatic rings. The lowest BCUT2D eigenvalue weighted by Crippen LogP contribution is -2.21. The molecule has 5 aromatic rings. The van der Waals surface area contributed by atoms with Crippen LogP contribution in [0.25, 0.3) is 22.2 Å². The molecule has 39 heavy (non-hydrogen) atoms. The summed E-state index contributed by atoms with van der Waals surface area (Å²) in [6, 6.07) is 31.6. The third-order valence-electron chi connectivity index (χ3n) is 6.18. The number of benzene rings is 4. The standard InChI is InChI=1S/C32H25ClN2O4/c1-21-30(32(37)39-20-29(36)34-25-15-13-24(33)14-16-25)27-9-5-6-10-28(27)35-31(21)23-11-17-26(18-12-23)38-19-22-7-3-2-4-8-22/h2-18H,19-20H2,1H3,(H,34,36). The molecule has 0 saturated carbocycles. The fourth-order valence-electron chi connectivity index (χ4n) is 4.23. The Hall–Kier alpha value is -4.68. The zero-order valence-corrected chi connectivity index (χ0v) is 21.9. The topological polar surface area (TPSA) is 77.5 Å². The number of anilines is 1. The van der Waals surface area contributed by atoms with Gasteiger partial charge in [-0.25, -0.2) is 9.78 Å². The van der Waals surface area contributed by atoms with Crippen LogP contribution >= 0.6 is 11.6 Å². The van der Waals surface area contributed by atoms with Crippen LogP contribution in [0.2, 0.25) is 5.02 Å². The molecule has 7 heteroatoms. The van der Waals surface area contributed by atoms with E-state index in [0.29, 0.717) is 45.0 Å². The molecule has 0 saturated heterocycles. The molecule has 1 heterocycles. The van der Waals surface area contributed by atoms with Crippen molar-refractivity contribution in [3.05, 3.63) is 125 Å². The summed E-state index contributed by atoms with van der Waals surface area (Å²) < 4.78 is 11.3. The highest BCUT2D eigenvalue weighted by Gasteiger charge is 2.21. The Morgan fingerprint density at radius 2 is 1.54 bits per heavy atom. The molecule has 5 rings (SSSR count). The predicted molar refractivity (Wildman–Crippen MR) is 153 cm³/mol. The molecule has 0 aliphatic carbocycles. The Labute approximate surface area is 231 Å². The maximum absolute atomic E-state index is 13.3. The number of hydrogen-bond acceptors (Lipinski definition) is 5. The second-order valence-corrected chi connectivity index (χ2v) is 9.34. The van der Waals surface area contributed by atoms with Crippen molar-refractivity contribution >= 4 is 40.1 Å². The molecule has 0 aliphatic heterocycles. The number of carbonyl (C=O) groups excluding carboxylic acids is 2. The molecular formula is C32H25ClN2O4. The molecule has 194 valence electrons. The van der Waals surface area contributed by atoms with Gasteiger partial charge in [-0.05, 0) is 72.6 Å². The maximum Gasteiger partial charge on any atom is 0.339 e. The minimum atomic E-state index is -0.596. The fraction of sp³-hybridized carbons (Fsp3) is 0.0938. The largest absolute Gasteiger partial charge is 0.489 e. The molecule has 6 nitrogen and oxygen atoms in total. The first-order chi connectivity index (χ1) is 19.0. The van der Waals surface area contributed by atoms with Crippen LogP contribution < -0.4 is 10.1 Å². The third-order valence-corrected chi connectivity index (χ3v) is 6.43. The summed E-state index contributed by atoms with van der Waals surface area (Å²) in [7, 11) is 0. The Morgan fingerprint density at radius 1 is 0.846 bits per heavy atom. The number of ether oxygens (including phenoxy) is 2. The summed E-state index contributed by atoms with van der Waals surface area (Å²) in [5.74, 6) is -0.318. The van der Waals surface area contributed by atoms with Crippen LogP contribution in [-0.2, 0) is 16.1 Å². The number of hydrogen-bond donors (Lipinski definition) is 1. The number of aromatic nitrogens is 1. The number of pyridine rings is 1. The first-order valence-electron chi connectivity index (χ1n) is 12.4. The number of rotatable bonds is 8. The Kier molecular flexibility index (Phi) is 7.85. The minimum Gasteiger partial charge on any atom is -0.489 e. The summed E-state index contributed by atoms with van der Waals surface area (Å²) >= 11 is 5.89. The lowest BCUT2D eigenvalue weighted by atomic mass is 9.97. The molecule has 4 aromatic carbocycles. The molecule has 1 N–H and O–H groups in total. The van der Waals surface area contributed by atoms with Crippen LogP contribution in [0.15, 0.2) is 103 Å². The van der Waals surface area contributed by atoms with E-state index in [-0.39, 0.29) is 0 Å². The number of para-hydroxylation sites is 1. The highest BCUT2D eigenvalue weighted by molar-refractivity contribution is 6.30. The average molecular weight is 537 g/mol. The monoisotopic (exact) mass is 536 g/mol. The number of amides is 1. The molecule has 1 aromatic heterocycles. The molecular weight excluding hydrogens is 512 g/mol. The fourth-order valence-corrected chi connectivity index (χ4v) is 4.36. The van der Waals surface area contributed by atoms with Gasteiger partial charge in [0.1, 0.15) is 12.4 Å².